The molecule has 0 aromatic heterocycles. The number of nitrogens with zero attached hydrogens (tertiary/aromatic N) is 1. The molecule has 1 N–H and O–H groups in total. The molecule has 0 saturated heterocycles. The Labute approximate surface area is 60.8 Å². The number of carbonyl (C=O) groups excluding carboxylic acids is 1. The fraction of sp³-hybridized carbons (Fsp3) is 0.333. The molecule has 1 aliphatic heterocycles. The van der Waals surface area contributed by atoms with Crippen LogP contribution in [0.2, 0.25) is 0 Å². The van der Waals surface area contributed by atoms with E-state index in [9.17, 15) is 4.79 Å². The number of oxime groups is 1. The van der Waals surface area contributed by atoms with Gasteiger partial charge in [-0.05, 0) is 10.8 Å². The zero-order chi connectivity index (χ0) is 6.69. The number of amides is 1. The quantitative estimate of drug-likeness (QED) is 0.391. The monoisotopic (exact) mass is 164 g/mol. The highest BCUT2D eigenvalue weighted by Crippen LogP contribution is 2.08. The van der Waals surface area contributed by atoms with E-state index in [2.05, 4.69) is 27.0 Å². The van der Waals surface area contributed by atoms with E-state index < -0.39 is 0 Å². The third-order valence-electron chi connectivity index (χ3n) is 0.676. The molecule has 0 spiro atoms. The molecule has 0 aromatic rings. The maximum Gasteiger partial charge on any atom is 0.266 e. The van der Waals surface area contributed by atoms with Crippen molar-refractivity contribution in [3.8, 4) is 0 Å². The fourth-order valence-electron chi connectivity index (χ4n) is 0.367. The van der Waals surface area contributed by atoms with Gasteiger partial charge in [0.15, 0.2) is 6.61 Å². The zero-order valence-corrected chi connectivity index (χ0v) is 6.04. The van der Waals surface area contributed by atoms with Gasteiger partial charge in [-0.15, -0.1) is 11.7 Å². The van der Waals surface area contributed by atoms with Crippen molar-refractivity contribution in [3.05, 3.63) is 0 Å². The summed E-state index contributed by atoms with van der Waals surface area (Å²) in [5.41, 5.74) is 0. The highest BCUT2D eigenvalue weighted by atomic mass is 33.1. The van der Waals surface area contributed by atoms with Crippen LogP contribution in [0.3, 0.4) is 0 Å². The molecule has 0 radical (unpaired) electrons. The molecule has 0 unspecified atom stereocenters. The first kappa shape index (κ1) is 6.76. The van der Waals surface area contributed by atoms with Gasteiger partial charge >= 0.3 is 0 Å². The molecular weight excluding hydrogens is 160 g/mol. The second-order valence-electron chi connectivity index (χ2n) is 1.31. The van der Waals surface area contributed by atoms with Crippen LogP contribution in [0.4, 0.5) is 0 Å². The molecule has 0 aliphatic carbocycles. The van der Waals surface area contributed by atoms with Gasteiger partial charge in [0.1, 0.15) is 0 Å². The van der Waals surface area contributed by atoms with Crippen LogP contribution in [0, 0.1) is 0 Å². The summed E-state index contributed by atoms with van der Waals surface area (Å²) in [6, 6.07) is 0. The topological polar surface area (TPSA) is 50.7 Å². The van der Waals surface area contributed by atoms with Gasteiger partial charge in [-0.2, -0.15) is 0 Å². The summed E-state index contributed by atoms with van der Waals surface area (Å²) in [5.74, 6) is -0.193. The summed E-state index contributed by atoms with van der Waals surface area (Å²) in [7, 11) is 1.04. The van der Waals surface area contributed by atoms with Gasteiger partial charge < -0.3 is 4.84 Å². The van der Waals surface area contributed by atoms with Crippen molar-refractivity contribution >= 4 is 33.5 Å². The Hall–Kier alpha value is -0.360. The third-order valence-corrected chi connectivity index (χ3v) is 1.54. The normalized spacial score (nSPS) is 17.9. The van der Waals surface area contributed by atoms with E-state index in [1.165, 1.54) is 0 Å². The molecule has 0 bridgehead atoms. The molecular formula is C3H4N2O2S2. The zero-order valence-electron chi connectivity index (χ0n) is 4.33. The predicted octanol–water partition coefficient (Wildman–Crippen LogP) is -0.0182. The van der Waals surface area contributed by atoms with Gasteiger partial charge in [0.2, 0.25) is 5.17 Å². The first-order valence-electron chi connectivity index (χ1n) is 2.14. The summed E-state index contributed by atoms with van der Waals surface area (Å²) >= 11 is 3.80. The second-order valence-corrected chi connectivity index (χ2v) is 2.43. The number of thiol groups is 1. The molecule has 1 amide bonds. The van der Waals surface area contributed by atoms with E-state index in [0.29, 0.717) is 5.17 Å². The Morgan fingerprint density at radius 3 is 3.11 bits per heavy atom. The molecule has 0 aromatic carbocycles. The van der Waals surface area contributed by atoms with Crippen molar-refractivity contribution < 1.29 is 9.63 Å². The maximum absolute atomic E-state index is 10.5. The van der Waals surface area contributed by atoms with Crippen LogP contribution >= 0.6 is 22.5 Å². The summed E-state index contributed by atoms with van der Waals surface area (Å²) < 4.78 is 0. The van der Waals surface area contributed by atoms with Crippen LogP contribution in [-0.4, -0.2) is 17.7 Å². The van der Waals surface area contributed by atoms with Crippen molar-refractivity contribution in [3.63, 3.8) is 0 Å². The second kappa shape index (κ2) is 2.98. The van der Waals surface area contributed by atoms with Crippen molar-refractivity contribution in [1.29, 1.82) is 0 Å². The number of nitrogens with one attached hydrogen (secondary N) is 1. The number of carbonyl (C=O) groups is 1. The van der Waals surface area contributed by atoms with Crippen LogP contribution in [0.1, 0.15) is 0 Å². The van der Waals surface area contributed by atoms with Gasteiger partial charge in [0.25, 0.3) is 5.91 Å². The van der Waals surface area contributed by atoms with Crippen molar-refractivity contribution in [2.24, 2.45) is 5.16 Å². The lowest BCUT2D eigenvalue weighted by Gasteiger charge is -2.08. The lowest BCUT2D eigenvalue weighted by Crippen LogP contribution is -2.34. The molecule has 1 heterocycles. The number of rotatable bonds is 0. The first-order chi connectivity index (χ1) is 4.33. The number of amidine groups is 1. The van der Waals surface area contributed by atoms with Crippen LogP contribution in [0.15, 0.2) is 5.16 Å². The van der Waals surface area contributed by atoms with E-state index in [4.69, 9.17) is 0 Å². The summed E-state index contributed by atoms with van der Waals surface area (Å²) in [4.78, 5) is 15.0. The predicted molar refractivity (Wildman–Crippen MR) is 38.1 cm³/mol. The standard InChI is InChI=1S/C3H4N2O2S2/c6-2-1-7-5-3(4-2)9-8/h8H,1H2,(H,4,5,6). The Balaban J connectivity index is 2.53. The van der Waals surface area contributed by atoms with Crippen molar-refractivity contribution in [2.75, 3.05) is 6.61 Å². The smallest absolute Gasteiger partial charge is 0.266 e. The number of hydrogen-bond acceptors (Lipinski definition) is 5. The van der Waals surface area contributed by atoms with E-state index in [0.717, 1.165) is 10.8 Å². The van der Waals surface area contributed by atoms with Gasteiger partial charge in [-0.1, -0.05) is 5.16 Å². The lowest BCUT2D eigenvalue weighted by atomic mass is 10.6. The van der Waals surface area contributed by atoms with Gasteiger partial charge in [0, 0.05) is 0 Å². The SMILES string of the molecule is O=C1CON=C(SS)N1. The van der Waals surface area contributed by atoms with Gasteiger partial charge in [-0.3, -0.25) is 10.1 Å². The molecule has 0 atom stereocenters. The van der Waals surface area contributed by atoms with E-state index >= 15 is 0 Å². The summed E-state index contributed by atoms with van der Waals surface area (Å²) in [5, 5.41) is 6.29. The van der Waals surface area contributed by atoms with Gasteiger partial charge in [-0.25, -0.2) is 0 Å². The van der Waals surface area contributed by atoms with Crippen LogP contribution in [-0.2, 0) is 9.63 Å². The molecule has 1 rings (SSSR count). The highest BCUT2D eigenvalue weighted by molar-refractivity contribution is 8.74. The molecule has 0 saturated carbocycles. The maximum atomic E-state index is 10.5. The average Bonchev–Trinajstić information content (AvgIpc) is 1.88. The first-order valence-corrected chi connectivity index (χ1v) is 4.01. The van der Waals surface area contributed by atoms with Gasteiger partial charge in [0.05, 0.1) is 0 Å². The van der Waals surface area contributed by atoms with Crippen LogP contribution in [0.25, 0.3) is 0 Å². The average molecular weight is 164 g/mol. The minimum Gasteiger partial charge on any atom is -0.383 e. The van der Waals surface area contributed by atoms with Crippen LogP contribution < -0.4 is 5.32 Å². The largest absolute Gasteiger partial charge is 0.383 e. The lowest BCUT2D eigenvalue weighted by molar-refractivity contribution is -0.125. The number of hydrogen-bond donors (Lipinski definition) is 2. The van der Waals surface area contributed by atoms with Crippen molar-refractivity contribution in [2.45, 2.75) is 0 Å². The molecule has 6 heteroatoms. The van der Waals surface area contributed by atoms with E-state index in [1.54, 1.807) is 0 Å². The summed E-state index contributed by atoms with van der Waals surface area (Å²) in [6.07, 6.45) is 0. The molecule has 9 heavy (non-hydrogen) atoms. The highest BCUT2D eigenvalue weighted by Gasteiger charge is 2.11. The molecule has 0 fully saturated rings. The minimum absolute atomic E-state index is 0.00215. The van der Waals surface area contributed by atoms with E-state index in [-0.39, 0.29) is 12.5 Å². The summed E-state index contributed by atoms with van der Waals surface area (Å²) in [6.45, 7) is -0.00215. The molecule has 4 nitrogen and oxygen atoms in total. The van der Waals surface area contributed by atoms with E-state index in [1.807, 2.05) is 0 Å². The Morgan fingerprint density at radius 2 is 2.67 bits per heavy atom. The molecule has 1 aliphatic rings. The Bertz CT molecular complexity index is 158. The third kappa shape index (κ3) is 1.79. The Morgan fingerprint density at radius 1 is 1.89 bits per heavy atom. The minimum atomic E-state index is -0.193. The Kier molecular flexibility index (Phi) is 2.23. The fourth-order valence-corrected chi connectivity index (χ4v) is 0.850. The molecule has 50 valence electrons. The van der Waals surface area contributed by atoms with Crippen molar-refractivity contribution in [1.82, 2.24) is 5.32 Å². The van der Waals surface area contributed by atoms with Crippen LogP contribution in [0.5, 0.6) is 0 Å².